The Kier molecular flexibility index (Phi) is 4.96. The summed E-state index contributed by atoms with van der Waals surface area (Å²) < 4.78 is 19.4. The molecule has 0 atom stereocenters. The van der Waals surface area contributed by atoms with E-state index in [-0.39, 0.29) is 5.82 Å². The van der Waals surface area contributed by atoms with E-state index < -0.39 is 0 Å². The maximum atomic E-state index is 13.9. The van der Waals surface area contributed by atoms with Gasteiger partial charge < -0.3 is 15.4 Å². The lowest BCUT2D eigenvalue weighted by atomic mass is 9.82. The van der Waals surface area contributed by atoms with Gasteiger partial charge in [-0.3, -0.25) is 0 Å². The highest BCUT2D eigenvalue weighted by molar-refractivity contribution is 5.70. The fourth-order valence-electron chi connectivity index (χ4n) is 3.12. The lowest BCUT2D eigenvalue weighted by Crippen LogP contribution is -2.26. The number of nitrogens with two attached hydrogens (primary N) is 1. The third kappa shape index (κ3) is 3.25. The van der Waals surface area contributed by atoms with Crippen molar-refractivity contribution in [1.29, 1.82) is 0 Å². The second-order valence-corrected chi connectivity index (χ2v) is 6.07. The van der Waals surface area contributed by atoms with Gasteiger partial charge in [0.2, 0.25) is 0 Å². The Labute approximate surface area is 127 Å². The Morgan fingerprint density at radius 3 is 2.57 bits per heavy atom. The van der Waals surface area contributed by atoms with E-state index in [2.05, 4.69) is 18.7 Å². The van der Waals surface area contributed by atoms with Gasteiger partial charge in [-0.2, -0.15) is 0 Å². The fraction of sp³-hybridized carbons (Fsp3) is 0.647. The first-order valence-electron chi connectivity index (χ1n) is 8.02. The van der Waals surface area contributed by atoms with Crippen LogP contribution in [-0.4, -0.2) is 19.7 Å². The van der Waals surface area contributed by atoms with Crippen LogP contribution in [-0.2, 0) is 0 Å². The summed E-state index contributed by atoms with van der Waals surface area (Å²) in [7, 11) is 0. The Bertz CT molecular complexity index is 486. The molecule has 1 fully saturated rings. The summed E-state index contributed by atoms with van der Waals surface area (Å²) in [6.07, 6.45) is 4.36. The van der Waals surface area contributed by atoms with Crippen LogP contribution in [0.25, 0.3) is 0 Å². The van der Waals surface area contributed by atoms with Crippen LogP contribution >= 0.6 is 0 Å². The number of anilines is 2. The summed E-state index contributed by atoms with van der Waals surface area (Å²) in [5.41, 5.74) is 7.81. The average Bonchev–Trinajstić information content (AvgIpc) is 2.91. The summed E-state index contributed by atoms with van der Waals surface area (Å²) in [6, 6.07) is 3.15. The molecule has 4 heteroatoms. The van der Waals surface area contributed by atoms with Crippen molar-refractivity contribution < 1.29 is 9.13 Å². The molecule has 1 aromatic rings. The van der Waals surface area contributed by atoms with Crippen molar-refractivity contribution in [3.05, 3.63) is 17.9 Å². The molecule has 0 radical (unpaired) electrons. The maximum Gasteiger partial charge on any atom is 0.167 e. The number of rotatable bonds is 6. The second-order valence-electron chi connectivity index (χ2n) is 6.07. The lowest BCUT2D eigenvalue weighted by molar-refractivity contribution is 0.299. The van der Waals surface area contributed by atoms with Crippen molar-refractivity contribution in [2.45, 2.75) is 46.5 Å². The highest BCUT2D eigenvalue weighted by Crippen LogP contribution is 2.41. The first-order chi connectivity index (χ1) is 10.0. The Morgan fingerprint density at radius 2 is 2.00 bits per heavy atom. The number of hydrogen-bond donors (Lipinski definition) is 1. The van der Waals surface area contributed by atoms with Crippen molar-refractivity contribution in [2.24, 2.45) is 5.41 Å². The Balaban J connectivity index is 2.24. The van der Waals surface area contributed by atoms with Crippen molar-refractivity contribution in [2.75, 3.05) is 30.3 Å². The van der Waals surface area contributed by atoms with Crippen LogP contribution in [0.2, 0.25) is 0 Å². The van der Waals surface area contributed by atoms with Gasteiger partial charge in [-0.15, -0.1) is 0 Å². The van der Waals surface area contributed by atoms with Crippen molar-refractivity contribution in [3.63, 3.8) is 0 Å². The molecule has 0 unspecified atom stereocenters. The van der Waals surface area contributed by atoms with E-state index in [9.17, 15) is 4.39 Å². The Morgan fingerprint density at radius 1 is 1.29 bits per heavy atom. The highest BCUT2D eigenvalue weighted by Gasteiger charge is 2.35. The van der Waals surface area contributed by atoms with Crippen molar-refractivity contribution in [3.8, 4) is 5.75 Å². The van der Waals surface area contributed by atoms with Crippen LogP contribution in [0.1, 0.15) is 46.5 Å². The lowest BCUT2D eigenvalue weighted by Gasteiger charge is -2.28. The molecule has 1 aromatic carbocycles. The summed E-state index contributed by atoms with van der Waals surface area (Å²) in [5.74, 6) is -0.0623. The molecule has 118 valence electrons. The fourth-order valence-corrected chi connectivity index (χ4v) is 3.12. The molecule has 0 bridgehead atoms. The number of ether oxygens (including phenoxy) is 1. The third-order valence-electron chi connectivity index (χ3n) is 4.82. The molecule has 0 aromatic heterocycles. The van der Waals surface area contributed by atoms with Gasteiger partial charge in [0, 0.05) is 25.2 Å². The van der Waals surface area contributed by atoms with Gasteiger partial charge in [0.1, 0.15) is 0 Å². The van der Waals surface area contributed by atoms with E-state index in [0.29, 0.717) is 23.5 Å². The quantitative estimate of drug-likeness (QED) is 0.799. The molecule has 2 N–H and O–H groups in total. The first kappa shape index (κ1) is 15.9. The zero-order chi connectivity index (χ0) is 15.5. The summed E-state index contributed by atoms with van der Waals surface area (Å²) in [5, 5.41) is 0. The largest absolute Gasteiger partial charge is 0.490 e. The predicted molar refractivity (Wildman–Crippen MR) is 86.4 cm³/mol. The van der Waals surface area contributed by atoms with E-state index >= 15 is 0 Å². The van der Waals surface area contributed by atoms with Crippen molar-refractivity contribution in [1.82, 2.24) is 0 Å². The van der Waals surface area contributed by atoms with E-state index in [1.807, 2.05) is 6.92 Å². The zero-order valence-corrected chi connectivity index (χ0v) is 13.4. The molecule has 0 saturated carbocycles. The molecule has 21 heavy (non-hydrogen) atoms. The normalized spacial score (nSPS) is 17.2. The van der Waals surface area contributed by atoms with Gasteiger partial charge in [0.05, 0.1) is 18.0 Å². The van der Waals surface area contributed by atoms with E-state index in [0.717, 1.165) is 25.2 Å². The highest BCUT2D eigenvalue weighted by atomic mass is 19.1. The van der Waals surface area contributed by atoms with Crippen molar-refractivity contribution >= 4 is 11.4 Å². The number of nitrogen functional groups attached to an aromatic ring is 1. The SMILES string of the molecule is CCCOc1cc(N2CCC(CC)(CC)C2)c(N)cc1F. The minimum atomic E-state index is -0.374. The second kappa shape index (κ2) is 6.54. The topological polar surface area (TPSA) is 38.5 Å². The van der Waals surface area contributed by atoms with Crippen LogP contribution in [0.4, 0.5) is 15.8 Å². The van der Waals surface area contributed by atoms with Crippen LogP contribution in [0.15, 0.2) is 12.1 Å². The van der Waals surface area contributed by atoms with E-state index in [1.165, 1.54) is 25.3 Å². The van der Waals surface area contributed by atoms with E-state index in [4.69, 9.17) is 10.5 Å². The van der Waals surface area contributed by atoms with Gasteiger partial charge >= 0.3 is 0 Å². The molecule has 0 spiro atoms. The molecule has 3 nitrogen and oxygen atoms in total. The molecular formula is C17H27FN2O. The smallest absolute Gasteiger partial charge is 0.167 e. The van der Waals surface area contributed by atoms with Gasteiger partial charge in [-0.05, 0) is 31.1 Å². The maximum absolute atomic E-state index is 13.9. The van der Waals surface area contributed by atoms with Crippen LogP contribution < -0.4 is 15.4 Å². The summed E-state index contributed by atoms with van der Waals surface area (Å²) in [4.78, 5) is 2.28. The predicted octanol–water partition coefficient (Wildman–Crippen LogP) is 4.21. The number of benzene rings is 1. The molecule has 1 saturated heterocycles. The van der Waals surface area contributed by atoms with Crippen LogP contribution in [0.5, 0.6) is 5.75 Å². The monoisotopic (exact) mass is 294 g/mol. The minimum Gasteiger partial charge on any atom is -0.490 e. The van der Waals surface area contributed by atoms with E-state index in [1.54, 1.807) is 6.07 Å². The van der Waals surface area contributed by atoms with Gasteiger partial charge in [-0.25, -0.2) is 4.39 Å². The van der Waals surface area contributed by atoms with Gasteiger partial charge in [-0.1, -0.05) is 20.8 Å². The summed E-state index contributed by atoms with van der Waals surface area (Å²) in [6.45, 7) is 8.99. The average molecular weight is 294 g/mol. The molecular weight excluding hydrogens is 267 g/mol. The number of hydrogen-bond acceptors (Lipinski definition) is 3. The molecule has 0 aliphatic carbocycles. The van der Waals surface area contributed by atoms with Gasteiger partial charge in [0.25, 0.3) is 0 Å². The zero-order valence-electron chi connectivity index (χ0n) is 13.4. The van der Waals surface area contributed by atoms with Crippen LogP contribution in [0.3, 0.4) is 0 Å². The number of nitrogens with zero attached hydrogens (tertiary/aromatic N) is 1. The molecule has 0 amide bonds. The standard InChI is InChI=1S/C17H27FN2O/c1-4-9-21-16-11-15(14(19)10-13(16)18)20-8-7-17(5-2,6-3)12-20/h10-11H,4-9,12,19H2,1-3H3. The number of halogens is 1. The summed E-state index contributed by atoms with van der Waals surface area (Å²) >= 11 is 0. The first-order valence-corrected chi connectivity index (χ1v) is 8.02. The molecule has 1 aliphatic heterocycles. The minimum absolute atomic E-state index is 0.312. The molecule has 2 rings (SSSR count). The van der Waals surface area contributed by atoms with Crippen LogP contribution in [0, 0.1) is 11.2 Å². The third-order valence-corrected chi connectivity index (χ3v) is 4.82. The molecule has 1 heterocycles. The van der Waals surface area contributed by atoms with Gasteiger partial charge in [0.15, 0.2) is 11.6 Å². The Hall–Kier alpha value is -1.45. The molecule has 1 aliphatic rings.